The molecule has 1 fully saturated rings. The van der Waals surface area contributed by atoms with E-state index >= 15 is 0 Å². The Kier molecular flexibility index (Phi) is 4.75. The van der Waals surface area contributed by atoms with Gasteiger partial charge in [-0.15, -0.1) is 0 Å². The van der Waals surface area contributed by atoms with Crippen LogP contribution in [0.2, 0.25) is 0 Å². The molecule has 2 heterocycles. The molecular weight excluding hydrogens is 426 g/mol. The first-order valence-electron chi connectivity index (χ1n) is 11.2. The molecule has 1 aromatic heterocycles. The molecule has 0 bridgehead atoms. The van der Waals surface area contributed by atoms with Crippen molar-refractivity contribution in [2.24, 2.45) is 5.92 Å². The van der Waals surface area contributed by atoms with Gasteiger partial charge in [0.15, 0.2) is 5.60 Å². The molecule has 0 radical (unpaired) electrons. The molecule has 5 heteroatoms. The lowest BCUT2D eigenvalue weighted by Crippen LogP contribution is -2.50. The summed E-state index contributed by atoms with van der Waals surface area (Å²) in [6, 6.07) is 34.6. The van der Waals surface area contributed by atoms with Gasteiger partial charge in [0.05, 0.1) is 6.07 Å². The minimum absolute atomic E-state index is 0.207. The molecule has 2 atom stereocenters. The van der Waals surface area contributed by atoms with Crippen molar-refractivity contribution in [2.75, 3.05) is 0 Å². The number of para-hydroxylation sites is 1. The maximum absolute atomic E-state index is 11.7. The standard InChI is InChI=1S/C29H21NO4/c30-19-23-18-28(20-9-3-1-4-10-20,21-11-5-2-6-12-21)33-34-29(23,31)22-15-16-27-25(17-22)24-13-7-8-14-26(24)32-27/h1-17,23,31H,18H2. The molecular formula is C29H21NO4. The average Bonchev–Trinajstić information content (AvgIpc) is 3.28. The third-order valence-electron chi connectivity index (χ3n) is 6.70. The number of nitrogens with zero attached hydrogens (tertiary/aromatic N) is 1. The summed E-state index contributed by atoms with van der Waals surface area (Å²) >= 11 is 0. The zero-order valence-corrected chi connectivity index (χ0v) is 18.2. The molecule has 0 spiro atoms. The highest BCUT2D eigenvalue weighted by Crippen LogP contribution is 2.50. The van der Waals surface area contributed by atoms with Crippen molar-refractivity contribution in [2.45, 2.75) is 17.8 Å². The van der Waals surface area contributed by atoms with Gasteiger partial charge < -0.3 is 9.52 Å². The number of aliphatic hydroxyl groups is 1. The normalized spacial score (nSPS) is 21.9. The topological polar surface area (TPSA) is 75.6 Å². The lowest BCUT2D eigenvalue weighted by Gasteiger charge is -2.45. The fraction of sp³-hybridized carbons (Fsp3) is 0.138. The smallest absolute Gasteiger partial charge is 0.241 e. The van der Waals surface area contributed by atoms with Gasteiger partial charge in [-0.25, -0.2) is 4.89 Å². The van der Waals surface area contributed by atoms with E-state index in [4.69, 9.17) is 14.2 Å². The molecule has 0 saturated carbocycles. The number of hydrogen-bond acceptors (Lipinski definition) is 5. The number of benzene rings is 4. The van der Waals surface area contributed by atoms with E-state index in [0.717, 1.165) is 27.5 Å². The molecule has 166 valence electrons. The zero-order chi connectivity index (χ0) is 23.2. The van der Waals surface area contributed by atoms with Crippen LogP contribution in [0.4, 0.5) is 0 Å². The van der Waals surface area contributed by atoms with E-state index in [9.17, 15) is 10.4 Å². The third kappa shape index (κ3) is 3.05. The van der Waals surface area contributed by atoms with Crippen LogP contribution in [0.15, 0.2) is 108 Å². The van der Waals surface area contributed by atoms with E-state index in [1.807, 2.05) is 91.0 Å². The quantitative estimate of drug-likeness (QED) is 0.335. The van der Waals surface area contributed by atoms with Crippen LogP contribution >= 0.6 is 0 Å². The van der Waals surface area contributed by atoms with Crippen molar-refractivity contribution in [1.29, 1.82) is 5.26 Å². The van der Waals surface area contributed by atoms with Crippen LogP contribution in [0.5, 0.6) is 0 Å². The Hall–Kier alpha value is -3.95. The van der Waals surface area contributed by atoms with E-state index in [0.29, 0.717) is 11.1 Å². The highest BCUT2D eigenvalue weighted by molar-refractivity contribution is 6.05. The third-order valence-corrected chi connectivity index (χ3v) is 6.70. The van der Waals surface area contributed by atoms with Crippen LogP contribution in [-0.4, -0.2) is 5.11 Å². The summed E-state index contributed by atoms with van der Waals surface area (Å²) in [7, 11) is 0. The number of nitriles is 1. The molecule has 5 aromatic rings. The maximum Gasteiger partial charge on any atom is 0.241 e. The van der Waals surface area contributed by atoms with Crippen LogP contribution in [-0.2, 0) is 21.2 Å². The van der Waals surface area contributed by atoms with Gasteiger partial charge in [0.1, 0.15) is 17.1 Å². The van der Waals surface area contributed by atoms with Gasteiger partial charge >= 0.3 is 0 Å². The highest BCUT2D eigenvalue weighted by Gasteiger charge is 2.54. The van der Waals surface area contributed by atoms with Gasteiger partial charge in [0.25, 0.3) is 0 Å². The molecule has 5 nitrogen and oxygen atoms in total. The van der Waals surface area contributed by atoms with Crippen molar-refractivity contribution in [3.05, 3.63) is 120 Å². The average molecular weight is 447 g/mol. The molecule has 1 aliphatic heterocycles. The Labute approximate surface area is 196 Å². The minimum atomic E-state index is -1.95. The second kappa shape index (κ2) is 7.82. The first kappa shape index (κ1) is 20.6. The van der Waals surface area contributed by atoms with Crippen molar-refractivity contribution < 1.29 is 19.3 Å². The van der Waals surface area contributed by atoms with Crippen molar-refractivity contribution in [3.8, 4) is 6.07 Å². The summed E-state index contributed by atoms with van der Waals surface area (Å²) in [5.74, 6) is -2.86. The molecule has 4 aromatic carbocycles. The van der Waals surface area contributed by atoms with Gasteiger partial charge in [0.2, 0.25) is 5.79 Å². The lowest BCUT2D eigenvalue weighted by atomic mass is 9.75. The minimum Gasteiger partial charge on any atom is -0.456 e. The molecule has 1 saturated heterocycles. The number of fused-ring (bicyclic) bond motifs is 3. The molecule has 2 unspecified atom stereocenters. The van der Waals surface area contributed by atoms with Crippen molar-refractivity contribution in [3.63, 3.8) is 0 Å². The zero-order valence-electron chi connectivity index (χ0n) is 18.2. The monoisotopic (exact) mass is 447 g/mol. The van der Waals surface area contributed by atoms with Crippen molar-refractivity contribution in [1.82, 2.24) is 0 Å². The molecule has 1 aliphatic rings. The van der Waals surface area contributed by atoms with Crippen LogP contribution < -0.4 is 0 Å². The van der Waals surface area contributed by atoms with Gasteiger partial charge in [-0.05, 0) is 35.4 Å². The van der Waals surface area contributed by atoms with E-state index in [2.05, 4.69) is 6.07 Å². The van der Waals surface area contributed by atoms with Crippen molar-refractivity contribution >= 4 is 21.9 Å². The van der Waals surface area contributed by atoms with Crippen LogP contribution in [0.1, 0.15) is 23.1 Å². The SMILES string of the molecule is N#CC1CC(c2ccccc2)(c2ccccc2)OOC1(O)c1ccc2oc3ccccc3c2c1. The molecule has 6 rings (SSSR count). The number of hydrogen-bond donors (Lipinski definition) is 1. The number of furan rings is 1. The van der Waals surface area contributed by atoms with E-state index in [-0.39, 0.29) is 6.42 Å². The second-order valence-corrected chi connectivity index (χ2v) is 8.62. The maximum atomic E-state index is 11.7. The van der Waals surface area contributed by atoms with Gasteiger partial charge in [-0.2, -0.15) is 10.1 Å². The first-order chi connectivity index (χ1) is 16.6. The highest BCUT2D eigenvalue weighted by atomic mass is 17.2. The fourth-order valence-corrected chi connectivity index (χ4v) is 4.90. The predicted molar refractivity (Wildman–Crippen MR) is 127 cm³/mol. The van der Waals surface area contributed by atoms with Gasteiger partial charge in [-0.1, -0.05) is 78.9 Å². The number of rotatable bonds is 3. The molecule has 34 heavy (non-hydrogen) atoms. The Bertz CT molecular complexity index is 1480. The predicted octanol–water partition coefficient (Wildman–Crippen LogP) is 6.17. The van der Waals surface area contributed by atoms with Crippen LogP contribution in [0, 0.1) is 17.2 Å². The summed E-state index contributed by atoms with van der Waals surface area (Å²) in [4.78, 5) is 11.9. The molecule has 0 aliphatic carbocycles. The Morgan fingerprint density at radius 3 is 2.00 bits per heavy atom. The summed E-state index contributed by atoms with van der Waals surface area (Å²) in [6.07, 6.45) is 0.207. The Morgan fingerprint density at radius 2 is 1.32 bits per heavy atom. The van der Waals surface area contributed by atoms with Gasteiger partial charge in [-0.3, -0.25) is 0 Å². The summed E-state index contributed by atoms with van der Waals surface area (Å²) in [6.45, 7) is 0. The fourth-order valence-electron chi connectivity index (χ4n) is 4.90. The van der Waals surface area contributed by atoms with E-state index in [1.165, 1.54) is 0 Å². The van der Waals surface area contributed by atoms with E-state index in [1.54, 1.807) is 12.1 Å². The summed E-state index contributed by atoms with van der Waals surface area (Å²) in [5, 5.41) is 23.7. The van der Waals surface area contributed by atoms with Crippen LogP contribution in [0.25, 0.3) is 21.9 Å². The summed E-state index contributed by atoms with van der Waals surface area (Å²) < 4.78 is 5.91. The Balaban J connectivity index is 1.46. The summed E-state index contributed by atoms with van der Waals surface area (Å²) in [5.41, 5.74) is 2.54. The largest absolute Gasteiger partial charge is 0.456 e. The molecule has 0 amide bonds. The first-order valence-corrected chi connectivity index (χ1v) is 11.2. The molecule has 1 N–H and O–H groups in total. The Morgan fingerprint density at radius 1 is 0.706 bits per heavy atom. The van der Waals surface area contributed by atoms with Crippen LogP contribution in [0.3, 0.4) is 0 Å². The lowest BCUT2D eigenvalue weighted by molar-refractivity contribution is -0.500. The second-order valence-electron chi connectivity index (χ2n) is 8.62. The van der Waals surface area contributed by atoms with E-state index < -0.39 is 17.3 Å². The van der Waals surface area contributed by atoms with Gasteiger partial charge in [0, 0.05) is 22.8 Å².